The number of carbonyl (C=O) groups is 1. The molecule has 3 fully saturated rings. The van der Waals surface area contributed by atoms with Gasteiger partial charge in [-0.15, -0.1) is 0 Å². The van der Waals surface area contributed by atoms with Crippen LogP contribution in [0, 0.1) is 11.2 Å². The Kier molecular flexibility index (Phi) is 3.67. The van der Waals surface area contributed by atoms with Crippen LogP contribution in [0.15, 0.2) is 17.1 Å². The first-order chi connectivity index (χ1) is 13.4. The fourth-order valence-corrected chi connectivity index (χ4v) is 4.35. The van der Waals surface area contributed by atoms with Crippen LogP contribution in [0.25, 0.3) is 11.0 Å². The summed E-state index contributed by atoms with van der Waals surface area (Å²) in [6.45, 7) is 1.36. The van der Waals surface area contributed by atoms with Crippen molar-refractivity contribution in [2.75, 3.05) is 18.0 Å². The number of nitrogens with zero attached hydrogens (tertiary/aromatic N) is 3. The van der Waals surface area contributed by atoms with E-state index in [9.17, 15) is 14.0 Å². The van der Waals surface area contributed by atoms with E-state index < -0.39 is 17.4 Å². The Hall–Kier alpha value is -2.68. The Balaban J connectivity index is 1.57. The van der Waals surface area contributed by atoms with E-state index in [-0.39, 0.29) is 34.5 Å². The quantitative estimate of drug-likeness (QED) is 0.776. The Morgan fingerprint density at radius 1 is 1.36 bits per heavy atom. The molecule has 2 saturated carbocycles. The van der Waals surface area contributed by atoms with E-state index in [2.05, 4.69) is 9.72 Å². The van der Waals surface area contributed by atoms with Gasteiger partial charge in [0.25, 0.3) is 0 Å². The predicted octanol–water partition coefficient (Wildman–Crippen LogP) is 2.24. The molecule has 1 saturated heterocycles. The van der Waals surface area contributed by atoms with Gasteiger partial charge in [-0.2, -0.15) is 0 Å². The number of aromatic nitrogens is 2. The molecule has 0 radical (unpaired) electrons. The first kappa shape index (κ1) is 17.4. The summed E-state index contributed by atoms with van der Waals surface area (Å²) in [5.41, 5.74) is 5.95. The van der Waals surface area contributed by atoms with Crippen molar-refractivity contribution in [2.24, 2.45) is 11.1 Å². The number of fused-ring (bicyclic) bond motifs is 1. The van der Waals surface area contributed by atoms with E-state index in [1.54, 1.807) is 4.57 Å². The van der Waals surface area contributed by atoms with Crippen molar-refractivity contribution >= 4 is 23.0 Å². The molecule has 9 heteroatoms. The SMILES string of the molecule is NC1CC12CCN(c1nc3c(cc1F)c(=O)c(OC(=O)O)cn3C1CC1)CC2. The molecule has 2 aromatic rings. The lowest BCUT2D eigenvalue weighted by atomic mass is 9.92. The van der Waals surface area contributed by atoms with Gasteiger partial charge in [-0.05, 0) is 43.6 Å². The van der Waals surface area contributed by atoms with Crippen molar-refractivity contribution in [2.45, 2.75) is 44.2 Å². The third-order valence-corrected chi connectivity index (χ3v) is 6.36. The van der Waals surface area contributed by atoms with Crippen molar-refractivity contribution in [1.29, 1.82) is 0 Å². The number of rotatable bonds is 3. The predicted molar refractivity (Wildman–Crippen MR) is 99.4 cm³/mol. The molecule has 0 amide bonds. The minimum Gasteiger partial charge on any atom is -0.449 e. The van der Waals surface area contributed by atoms with E-state index in [1.807, 2.05) is 4.90 Å². The third kappa shape index (κ3) is 2.72. The topological polar surface area (TPSA) is 111 Å². The first-order valence-electron chi connectivity index (χ1n) is 9.55. The summed E-state index contributed by atoms with van der Waals surface area (Å²) in [4.78, 5) is 29.9. The second-order valence-corrected chi connectivity index (χ2v) is 8.15. The molecular formula is C19H21FN4O4. The summed E-state index contributed by atoms with van der Waals surface area (Å²) >= 11 is 0. The van der Waals surface area contributed by atoms with Gasteiger partial charge in [0.05, 0.1) is 11.6 Å². The maximum atomic E-state index is 14.9. The summed E-state index contributed by atoms with van der Waals surface area (Å²) in [7, 11) is 0. The molecule has 1 aliphatic heterocycles. The molecule has 148 valence electrons. The van der Waals surface area contributed by atoms with Crippen molar-refractivity contribution in [3.63, 3.8) is 0 Å². The highest BCUT2D eigenvalue weighted by Gasteiger charge is 2.52. The second kappa shape index (κ2) is 5.91. The van der Waals surface area contributed by atoms with Gasteiger partial charge >= 0.3 is 6.16 Å². The highest BCUT2D eigenvalue weighted by Crippen LogP contribution is 2.52. The van der Waals surface area contributed by atoms with E-state index in [4.69, 9.17) is 10.8 Å². The average molecular weight is 388 g/mol. The number of piperidine rings is 1. The molecule has 3 N–H and O–H groups in total. The van der Waals surface area contributed by atoms with Gasteiger partial charge in [-0.25, -0.2) is 14.2 Å². The Labute approximate surface area is 159 Å². The van der Waals surface area contributed by atoms with Crippen LogP contribution in [0.4, 0.5) is 15.0 Å². The number of ether oxygens (including phenoxy) is 1. The molecule has 1 unspecified atom stereocenters. The number of anilines is 1. The average Bonchev–Trinajstić information content (AvgIpc) is 3.57. The Morgan fingerprint density at radius 3 is 2.61 bits per heavy atom. The summed E-state index contributed by atoms with van der Waals surface area (Å²) < 4.78 is 21.2. The van der Waals surface area contributed by atoms with Gasteiger partial charge in [0.1, 0.15) is 5.65 Å². The minimum absolute atomic E-state index is 0.0320. The van der Waals surface area contributed by atoms with Crippen LogP contribution in [0.3, 0.4) is 0 Å². The molecule has 0 aromatic carbocycles. The number of pyridine rings is 2. The van der Waals surface area contributed by atoms with Crippen molar-refractivity contribution < 1.29 is 19.0 Å². The van der Waals surface area contributed by atoms with Crippen LogP contribution < -0.4 is 20.8 Å². The molecule has 28 heavy (non-hydrogen) atoms. The van der Waals surface area contributed by atoms with Crippen LogP contribution >= 0.6 is 0 Å². The first-order valence-corrected chi connectivity index (χ1v) is 9.55. The Bertz CT molecular complexity index is 1040. The van der Waals surface area contributed by atoms with Crippen molar-refractivity contribution in [3.05, 3.63) is 28.3 Å². The highest BCUT2D eigenvalue weighted by atomic mass is 19.1. The lowest BCUT2D eigenvalue weighted by molar-refractivity contribution is 0.143. The van der Waals surface area contributed by atoms with Crippen LogP contribution in [0.1, 0.15) is 38.1 Å². The number of hydrogen-bond acceptors (Lipinski definition) is 6. The minimum atomic E-state index is -1.58. The molecule has 2 aromatic heterocycles. The molecular weight excluding hydrogens is 367 g/mol. The van der Waals surface area contributed by atoms with Gasteiger partial charge in [0.2, 0.25) is 5.43 Å². The molecule has 3 aliphatic rings. The summed E-state index contributed by atoms with van der Waals surface area (Å²) in [6.07, 6.45) is 4.43. The van der Waals surface area contributed by atoms with E-state index in [0.29, 0.717) is 18.7 Å². The van der Waals surface area contributed by atoms with Crippen LogP contribution in [-0.2, 0) is 0 Å². The highest BCUT2D eigenvalue weighted by molar-refractivity contribution is 5.80. The molecule has 0 bridgehead atoms. The zero-order valence-electron chi connectivity index (χ0n) is 15.2. The molecule has 8 nitrogen and oxygen atoms in total. The van der Waals surface area contributed by atoms with Crippen molar-refractivity contribution in [3.8, 4) is 5.75 Å². The third-order valence-electron chi connectivity index (χ3n) is 6.36. The number of nitrogens with two attached hydrogens (primary N) is 1. The standard InChI is InChI=1S/C19H21FN4O4/c20-12-7-11-15(25)13(28-18(26)27)9-24(10-1-2-10)16(11)22-17(12)23-5-3-19(4-6-23)8-14(19)21/h7,9-10,14H,1-6,8,21H2,(H,26,27). The molecule has 1 atom stereocenters. The smallest absolute Gasteiger partial charge is 0.449 e. The summed E-state index contributed by atoms with van der Waals surface area (Å²) in [5.74, 6) is -0.684. The molecule has 5 rings (SSSR count). The van der Waals surface area contributed by atoms with E-state index in [0.717, 1.165) is 38.2 Å². The van der Waals surface area contributed by atoms with Crippen molar-refractivity contribution in [1.82, 2.24) is 9.55 Å². The summed E-state index contributed by atoms with van der Waals surface area (Å²) in [6, 6.07) is 1.51. The van der Waals surface area contributed by atoms with E-state index in [1.165, 1.54) is 6.20 Å². The van der Waals surface area contributed by atoms with E-state index >= 15 is 0 Å². The number of carboxylic acid groups (broad SMARTS) is 1. The van der Waals surface area contributed by atoms with Crippen LogP contribution in [-0.4, -0.2) is 39.9 Å². The maximum absolute atomic E-state index is 14.9. The maximum Gasteiger partial charge on any atom is 0.511 e. The summed E-state index contributed by atoms with van der Waals surface area (Å²) in [5, 5.41) is 8.90. The van der Waals surface area contributed by atoms with Gasteiger partial charge in [-0.1, -0.05) is 0 Å². The zero-order valence-corrected chi connectivity index (χ0v) is 15.2. The van der Waals surface area contributed by atoms with Gasteiger partial charge in [0.15, 0.2) is 17.4 Å². The molecule has 3 heterocycles. The Morgan fingerprint density at radius 2 is 2.04 bits per heavy atom. The monoisotopic (exact) mass is 388 g/mol. The largest absolute Gasteiger partial charge is 0.511 e. The second-order valence-electron chi connectivity index (χ2n) is 8.15. The fourth-order valence-electron chi connectivity index (χ4n) is 4.35. The normalized spacial score (nSPS) is 23.2. The zero-order chi connectivity index (χ0) is 19.6. The number of halogens is 1. The van der Waals surface area contributed by atoms with Gasteiger partial charge in [0, 0.05) is 25.2 Å². The molecule has 2 aliphatic carbocycles. The lowest BCUT2D eigenvalue weighted by Crippen LogP contribution is -2.37. The lowest BCUT2D eigenvalue weighted by Gasteiger charge is -2.33. The van der Waals surface area contributed by atoms with Gasteiger partial charge in [-0.3, -0.25) is 4.79 Å². The molecule has 1 spiro atoms. The number of hydrogen-bond donors (Lipinski definition) is 2. The van der Waals surface area contributed by atoms with Gasteiger partial charge < -0.3 is 25.0 Å². The van der Waals surface area contributed by atoms with Crippen LogP contribution in [0.5, 0.6) is 5.75 Å². The van der Waals surface area contributed by atoms with Crippen LogP contribution in [0.2, 0.25) is 0 Å². The fraction of sp³-hybridized carbons (Fsp3) is 0.526.